The molecule has 1 aliphatic rings. The van der Waals surface area contributed by atoms with Crippen LogP contribution in [0.5, 0.6) is 0 Å². The molecule has 5 nitrogen and oxygen atoms in total. The van der Waals surface area contributed by atoms with E-state index in [1.807, 2.05) is 29.8 Å². The predicted octanol–water partition coefficient (Wildman–Crippen LogP) is 5.01. The molecule has 0 atom stereocenters. The smallest absolute Gasteiger partial charge is 0.259 e. The van der Waals surface area contributed by atoms with Gasteiger partial charge >= 0.3 is 0 Å². The molecule has 1 saturated heterocycles. The number of fused-ring (bicyclic) bond motifs is 1. The first-order valence-electron chi connectivity index (χ1n) is 10.9. The van der Waals surface area contributed by atoms with Crippen molar-refractivity contribution in [3.05, 3.63) is 59.8 Å². The average Bonchev–Trinajstić information content (AvgIpc) is 2.96. The van der Waals surface area contributed by atoms with Crippen molar-refractivity contribution >= 4 is 27.9 Å². The van der Waals surface area contributed by atoms with E-state index in [0.717, 1.165) is 30.0 Å². The van der Waals surface area contributed by atoms with Crippen molar-refractivity contribution in [3.8, 4) is 17.3 Å². The Morgan fingerprint density at radius 1 is 0.968 bits per heavy atom. The van der Waals surface area contributed by atoms with Crippen LogP contribution >= 0.6 is 0 Å². The molecule has 4 rings (SSSR count). The van der Waals surface area contributed by atoms with Gasteiger partial charge in [-0.2, -0.15) is 5.26 Å². The highest BCUT2D eigenvalue weighted by molar-refractivity contribution is 6.03. The predicted molar refractivity (Wildman–Crippen MR) is 126 cm³/mol. The van der Waals surface area contributed by atoms with Gasteiger partial charge in [0.1, 0.15) is 11.6 Å². The SMILES string of the molecule is C/C(=C(/C#N)C(N)=O)c1ccc(-c2ccc3cc(N4CCCCCC4)ccc3c2)n1C. The third-order valence-corrected chi connectivity index (χ3v) is 6.33. The molecule has 158 valence electrons. The van der Waals surface area contributed by atoms with E-state index in [9.17, 15) is 10.1 Å². The summed E-state index contributed by atoms with van der Waals surface area (Å²) in [5.74, 6) is -0.700. The Kier molecular flexibility index (Phi) is 5.81. The molecule has 5 heteroatoms. The van der Waals surface area contributed by atoms with E-state index in [1.54, 1.807) is 6.92 Å². The number of allylic oxidation sites excluding steroid dienone is 1. The van der Waals surface area contributed by atoms with Crippen LogP contribution < -0.4 is 10.6 Å². The summed E-state index contributed by atoms with van der Waals surface area (Å²) in [6, 6.07) is 19.1. The topological polar surface area (TPSA) is 75.0 Å². The molecule has 1 fully saturated rings. The number of nitriles is 1. The standard InChI is InChI=1S/C26H28N4O/c1-18(23(17-27)26(28)31)24-11-12-25(29(24)2)21-8-7-20-16-22(10-9-19(20)15-21)30-13-5-3-4-6-14-30/h7-12,15-16H,3-6,13-14H2,1-2H3,(H2,28,31)/b23-18+. The molecule has 0 unspecified atom stereocenters. The van der Waals surface area contributed by atoms with Crippen LogP contribution in [0.15, 0.2) is 54.1 Å². The molecule has 2 N–H and O–H groups in total. The van der Waals surface area contributed by atoms with Crippen molar-refractivity contribution < 1.29 is 4.79 Å². The van der Waals surface area contributed by atoms with Crippen molar-refractivity contribution in [1.29, 1.82) is 5.26 Å². The van der Waals surface area contributed by atoms with E-state index in [4.69, 9.17) is 5.73 Å². The van der Waals surface area contributed by atoms with Gasteiger partial charge in [0, 0.05) is 37.2 Å². The Bertz CT molecular complexity index is 1200. The van der Waals surface area contributed by atoms with Crippen LogP contribution in [-0.4, -0.2) is 23.6 Å². The molecule has 2 aromatic carbocycles. The second-order valence-electron chi connectivity index (χ2n) is 8.29. The minimum absolute atomic E-state index is 0.00713. The number of rotatable bonds is 4. The molecule has 1 aliphatic heterocycles. The van der Waals surface area contributed by atoms with Gasteiger partial charge < -0.3 is 15.2 Å². The molecule has 3 aromatic rings. The summed E-state index contributed by atoms with van der Waals surface area (Å²) < 4.78 is 2.00. The van der Waals surface area contributed by atoms with E-state index in [2.05, 4.69) is 41.3 Å². The zero-order valence-electron chi connectivity index (χ0n) is 18.2. The molecular formula is C26H28N4O. The van der Waals surface area contributed by atoms with Gasteiger partial charge in [-0.25, -0.2) is 0 Å². The summed E-state index contributed by atoms with van der Waals surface area (Å²) in [6.07, 6.45) is 5.19. The number of amides is 1. The fourth-order valence-electron chi connectivity index (χ4n) is 4.55. The summed E-state index contributed by atoms with van der Waals surface area (Å²) in [4.78, 5) is 14.1. The molecule has 2 heterocycles. The molecule has 31 heavy (non-hydrogen) atoms. The number of hydrogen-bond acceptors (Lipinski definition) is 3. The minimum Gasteiger partial charge on any atom is -0.372 e. The fourth-order valence-corrected chi connectivity index (χ4v) is 4.55. The molecular weight excluding hydrogens is 384 g/mol. The van der Waals surface area contributed by atoms with Crippen molar-refractivity contribution in [3.63, 3.8) is 0 Å². The Balaban J connectivity index is 1.68. The maximum atomic E-state index is 11.6. The van der Waals surface area contributed by atoms with Crippen LogP contribution in [0.3, 0.4) is 0 Å². The minimum atomic E-state index is -0.700. The lowest BCUT2D eigenvalue weighted by Crippen LogP contribution is -2.23. The van der Waals surface area contributed by atoms with Gasteiger partial charge in [0.05, 0.1) is 0 Å². The van der Waals surface area contributed by atoms with Gasteiger partial charge in [-0.15, -0.1) is 0 Å². The number of aromatic nitrogens is 1. The van der Waals surface area contributed by atoms with Gasteiger partial charge in [0.2, 0.25) is 0 Å². The largest absolute Gasteiger partial charge is 0.372 e. The molecule has 1 aromatic heterocycles. The van der Waals surface area contributed by atoms with E-state index in [0.29, 0.717) is 5.57 Å². The molecule has 0 saturated carbocycles. The van der Waals surface area contributed by atoms with Gasteiger partial charge in [-0.3, -0.25) is 4.79 Å². The lowest BCUT2D eigenvalue weighted by atomic mass is 10.0. The van der Waals surface area contributed by atoms with Crippen molar-refractivity contribution in [2.24, 2.45) is 12.8 Å². The van der Waals surface area contributed by atoms with Crippen LogP contribution in [0, 0.1) is 11.3 Å². The molecule has 0 spiro atoms. The van der Waals surface area contributed by atoms with Crippen LogP contribution in [0.2, 0.25) is 0 Å². The summed E-state index contributed by atoms with van der Waals surface area (Å²) >= 11 is 0. The summed E-state index contributed by atoms with van der Waals surface area (Å²) in [5.41, 5.74) is 10.2. The van der Waals surface area contributed by atoms with Gasteiger partial charge in [-0.1, -0.05) is 31.0 Å². The number of nitrogens with two attached hydrogens (primary N) is 1. The Morgan fingerprint density at radius 3 is 2.32 bits per heavy atom. The van der Waals surface area contributed by atoms with Crippen molar-refractivity contribution in [1.82, 2.24) is 4.57 Å². The number of nitrogens with zero attached hydrogens (tertiary/aromatic N) is 3. The van der Waals surface area contributed by atoms with Gasteiger partial charge in [0.15, 0.2) is 0 Å². The van der Waals surface area contributed by atoms with Crippen LogP contribution in [0.4, 0.5) is 5.69 Å². The molecule has 0 aliphatic carbocycles. The van der Waals surface area contributed by atoms with Crippen LogP contribution in [-0.2, 0) is 11.8 Å². The van der Waals surface area contributed by atoms with Gasteiger partial charge in [-0.05, 0) is 72.0 Å². The summed E-state index contributed by atoms with van der Waals surface area (Å²) in [5, 5.41) is 11.7. The fraction of sp³-hybridized carbons (Fsp3) is 0.308. The first-order chi connectivity index (χ1) is 15.0. The highest BCUT2D eigenvalue weighted by atomic mass is 16.1. The summed E-state index contributed by atoms with van der Waals surface area (Å²) in [7, 11) is 1.94. The molecule has 1 amide bonds. The second kappa shape index (κ2) is 8.69. The normalized spacial score (nSPS) is 15.3. The lowest BCUT2D eigenvalue weighted by Gasteiger charge is -2.23. The van der Waals surface area contributed by atoms with Crippen molar-refractivity contribution in [2.45, 2.75) is 32.6 Å². The maximum absolute atomic E-state index is 11.6. The van der Waals surface area contributed by atoms with Gasteiger partial charge in [0.25, 0.3) is 5.91 Å². The monoisotopic (exact) mass is 412 g/mol. The second-order valence-corrected chi connectivity index (χ2v) is 8.29. The highest BCUT2D eigenvalue weighted by Gasteiger charge is 2.15. The third-order valence-electron chi connectivity index (χ3n) is 6.33. The van der Waals surface area contributed by atoms with Crippen LogP contribution in [0.1, 0.15) is 38.3 Å². The number of carbonyl (C=O) groups is 1. The highest BCUT2D eigenvalue weighted by Crippen LogP contribution is 2.31. The maximum Gasteiger partial charge on any atom is 0.259 e. The van der Waals surface area contributed by atoms with E-state index in [1.165, 1.54) is 42.1 Å². The summed E-state index contributed by atoms with van der Waals surface area (Å²) in [6.45, 7) is 4.03. The number of carbonyl (C=O) groups excluding carboxylic acids is 1. The zero-order chi connectivity index (χ0) is 22.0. The Morgan fingerprint density at radius 2 is 1.65 bits per heavy atom. The number of primary amides is 1. The Hall–Kier alpha value is -3.52. The lowest BCUT2D eigenvalue weighted by molar-refractivity contribution is -0.114. The molecule has 0 bridgehead atoms. The first-order valence-corrected chi connectivity index (χ1v) is 10.9. The van der Waals surface area contributed by atoms with Crippen LogP contribution in [0.25, 0.3) is 27.6 Å². The quantitative estimate of drug-likeness (QED) is 0.483. The van der Waals surface area contributed by atoms with E-state index < -0.39 is 5.91 Å². The van der Waals surface area contributed by atoms with Crippen molar-refractivity contribution in [2.75, 3.05) is 18.0 Å². The number of benzene rings is 2. The number of anilines is 1. The van der Waals surface area contributed by atoms with E-state index in [-0.39, 0.29) is 5.57 Å². The zero-order valence-corrected chi connectivity index (χ0v) is 18.2. The van der Waals surface area contributed by atoms with E-state index >= 15 is 0 Å². The Labute approximate surface area is 183 Å². The average molecular weight is 413 g/mol. The number of hydrogen-bond donors (Lipinski definition) is 1. The molecule has 0 radical (unpaired) electrons. The first kappa shape index (κ1) is 20.7. The third kappa shape index (κ3) is 4.06.